The number of anilines is 1. The molecular weight excluding hydrogens is 356 g/mol. The predicted molar refractivity (Wildman–Crippen MR) is 97.5 cm³/mol. The van der Waals surface area contributed by atoms with Gasteiger partial charge < -0.3 is 10.1 Å². The maximum atomic E-state index is 12.0. The fourth-order valence-electron chi connectivity index (χ4n) is 2.19. The summed E-state index contributed by atoms with van der Waals surface area (Å²) in [5.74, 6) is -0.411. The summed E-state index contributed by atoms with van der Waals surface area (Å²) in [6.45, 7) is 4.81. The van der Waals surface area contributed by atoms with Gasteiger partial charge in [0.1, 0.15) is 5.75 Å². The molecule has 2 aromatic rings. The van der Waals surface area contributed by atoms with E-state index in [0.717, 1.165) is 18.1 Å². The number of ether oxygens (including phenoxy) is 1. The Kier molecular flexibility index (Phi) is 5.99. The highest BCUT2D eigenvalue weighted by atomic mass is 32.2. The number of benzene rings is 2. The Balaban J connectivity index is 1.97. The van der Waals surface area contributed by atoms with Gasteiger partial charge in [-0.05, 0) is 55.3 Å². The molecular formula is C18H20N2O5S. The smallest absolute Gasteiger partial charge is 0.264 e. The molecule has 0 aliphatic rings. The van der Waals surface area contributed by atoms with Crippen molar-refractivity contribution in [1.29, 1.82) is 0 Å². The van der Waals surface area contributed by atoms with Gasteiger partial charge in [0.25, 0.3) is 15.9 Å². The first-order valence-corrected chi connectivity index (χ1v) is 9.29. The van der Waals surface area contributed by atoms with Gasteiger partial charge in [0.05, 0.1) is 4.90 Å². The standard InChI is InChI=1S/C18H20N2O5S/c1-12-5-4-6-17(13(12)2)25-11-18(22)19-15-7-9-16(10-8-15)26(23,24)20-14(3)21/h4-10H,11H2,1-3H3,(H,19,22)(H,20,21). The molecule has 0 atom stereocenters. The lowest BCUT2D eigenvalue weighted by atomic mass is 10.1. The molecule has 138 valence electrons. The molecule has 0 fully saturated rings. The third kappa shape index (κ3) is 5.06. The summed E-state index contributed by atoms with van der Waals surface area (Å²) >= 11 is 0. The molecule has 0 aliphatic carbocycles. The number of nitrogens with one attached hydrogen (secondary N) is 2. The molecule has 2 N–H and O–H groups in total. The molecule has 0 unspecified atom stereocenters. The van der Waals surface area contributed by atoms with Crippen molar-refractivity contribution in [2.75, 3.05) is 11.9 Å². The minimum Gasteiger partial charge on any atom is -0.483 e. The number of hydrogen-bond donors (Lipinski definition) is 2. The first-order valence-electron chi connectivity index (χ1n) is 7.81. The Morgan fingerprint density at radius 3 is 2.31 bits per heavy atom. The fourth-order valence-corrected chi connectivity index (χ4v) is 3.18. The monoisotopic (exact) mass is 376 g/mol. The summed E-state index contributed by atoms with van der Waals surface area (Å²) in [6, 6.07) is 11.1. The van der Waals surface area contributed by atoms with Crippen LogP contribution in [0.5, 0.6) is 5.75 Å². The van der Waals surface area contributed by atoms with E-state index in [4.69, 9.17) is 4.74 Å². The van der Waals surface area contributed by atoms with Gasteiger partial charge >= 0.3 is 0 Å². The molecule has 2 amide bonds. The van der Waals surface area contributed by atoms with Crippen molar-refractivity contribution in [3.05, 3.63) is 53.6 Å². The summed E-state index contributed by atoms with van der Waals surface area (Å²) in [5, 5.41) is 2.62. The van der Waals surface area contributed by atoms with E-state index in [9.17, 15) is 18.0 Å². The highest BCUT2D eigenvalue weighted by Crippen LogP contribution is 2.20. The summed E-state index contributed by atoms with van der Waals surface area (Å²) in [4.78, 5) is 22.8. The number of aryl methyl sites for hydroxylation is 1. The van der Waals surface area contributed by atoms with Crippen LogP contribution in [0, 0.1) is 13.8 Å². The number of carbonyl (C=O) groups excluding carboxylic acids is 2. The third-order valence-corrected chi connectivity index (χ3v) is 5.09. The summed E-state index contributed by atoms with van der Waals surface area (Å²) in [5.41, 5.74) is 2.45. The highest BCUT2D eigenvalue weighted by Gasteiger charge is 2.15. The minimum atomic E-state index is -3.90. The van der Waals surface area contributed by atoms with E-state index in [1.807, 2.05) is 30.7 Å². The topological polar surface area (TPSA) is 102 Å². The van der Waals surface area contributed by atoms with E-state index in [1.54, 1.807) is 6.07 Å². The van der Waals surface area contributed by atoms with Gasteiger partial charge in [-0.2, -0.15) is 0 Å². The van der Waals surface area contributed by atoms with Crippen LogP contribution in [0.25, 0.3) is 0 Å². The average molecular weight is 376 g/mol. The Morgan fingerprint density at radius 1 is 1.04 bits per heavy atom. The van der Waals surface area contributed by atoms with Crippen LogP contribution in [0.4, 0.5) is 5.69 Å². The van der Waals surface area contributed by atoms with E-state index in [1.165, 1.54) is 24.3 Å². The second kappa shape index (κ2) is 8.01. The largest absolute Gasteiger partial charge is 0.483 e. The maximum Gasteiger partial charge on any atom is 0.264 e. The minimum absolute atomic E-state index is 0.0719. The van der Waals surface area contributed by atoms with E-state index >= 15 is 0 Å². The van der Waals surface area contributed by atoms with Crippen molar-refractivity contribution in [2.45, 2.75) is 25.7 Å². The maximum absolute atomic E-state index is 12.0. The summed E-state index contributed by atoms with van der Waals surface area (Å²) in [7, 11) is -3.90. The molecule has 0 saturated carbocycles. The summed E-state index contributed by atoms with van der Waals surface area (Å²) < 4.78 is 31.1. The molecule has 0 radical (unpaired) electrons. The average Bonchev–Trinajstić information content (AvgIpc) is 2.55. The lowest BCUT2D eigenvalue weighted by Crippen LogP contribution is -2.28. The van der Waals surface area contributed by atoms with Crippen molar-refractivity contribution < 1.29 is 22.7 Å². The van der Waals surface area contributed by atoms with Gasteiger partial charge in [-0.25, -0.2) is 13.1 Å². The first-order chi connectivity index (χ1) is 12.2. The predicted octanol–water partition coefficient (Wildman–Crippen LogP) is 2.15. The second-order valence-corrected chi connectivity index (χ2v) is 7.40. The van der Waals surface area contributed by atoms with Gasteiger partial charge in [-0.3, -0.25) is 9.59 Å². The van der Waals surface area contributed by atoms with E-state index in [0.29, 0.717) is 11.4 Å². The van der Waals surface area contributed by atoms with Gasteiger partial charge in [0.15, 0.2) is 6.61 Å². The van der Waals surface area contributed by atoms with Crippen LogP contribution >= 0.6 is 0 Å². The van der Waals surface area contributed by atoms with Crippen LogP contribution in [-0.4, -0.2) is 26.8 Å². The number of sulfonamides is 1. The van der Waals surface area contributed by atoms with Gasteiger partial charge in [-0.1, -0.05) is 12.1 Å². The molecule has 2 aromatic carbocycles. The molecule has 0 spiro atoms. The molecule has 0 heterocycles. The zero-order chi connectivity index (χ0) is 19.3. The normalized spacial score (nSPS) is 10.9. The number of carbonyl (C=O) groups is 2. The molecule has 26 heavy (non-hydrogen) atoms. The van der Waals surface area contributed by atoms with Crippen molar-refractivity contribution in [3.63, 3.8) is 0 Å². The third-order valence-electron chi connectivity index (χ3n) is 3.64. The van der Waals surface area contributed by atoms with Gasteiger partial charge in [-0.15, -0.1) is 0 Å². The van der Waals surface area contributed by atoms with E-state index in [2.05, 4.69) is 5.32 Å². The molecule has 7 nitrogen and oxygen atoms in total. The fraction of sp³-hybridized carbons (Fsp3) is 0.222. The van der Waals surface area contributed by atoms with Crippen molar-refractivity contribution in [3.8, 4) is 5.75 Å². The quantitative estimate of drug-likeness (QED) is 0.804. The van der Waals surface area contributed by atoms with Crippen LogP contribution in [0.1, 0.15) is 18.1 Å². The summed E-state index contributed by atoms with van der Waals surface area (Å²) in [6.07, 6.45) is 0. The van der Waals surface area contributed by atoms with Crippen LogP contribution in [-0.2, 0) is 19.6 Å². The SMILES string of the molecule is CC(=O)NS(=O)(=O)c1ccc(NC(=O)COc2cccc(C)c2C)cc1. The van der Waals surface area contributed by atoms with Gasteiger partial charge in [0.2, 0.25) is 5.91 Å². The second-order valence-electron chi connectivity index (χ2n) is 5.72. The van der Waals surface area contributed by atoms with Crippen LogP contribution < -0.4 is 14.8 Å². The van der Waals surface area contributed by atoms with Crippen molar-refractivity contribution >= 4 is 27.5 Å². The van der Waals surface area contributed by atoms with Crippen molar-refractivity contribution in [2.24, 2.45) is 0 Å². The highest BCUT2D eigenvalue weighted by molar-refractivity contribution is 7.90. The Morgan fingerprint density at radius 2 is 1.69 bits per heavy atom. The van der Waals surface area contributed by atoms with Crippen LogP contribution in [0.15, 0.2) is 47.4 Å². The molecule has 0 saturated heterocycles. The number of amides is 2. The van der Waals surface area contributed by atoms with E-state index in [-0.39, 0.29) is 17.4 Å². The molecule has 2 rings (SSSR count). The Labute approximate surface area is 152 Å². The lowest BCUT2D eigenvalue weighted by Gasteiger charge is -2.11. The van der Waals surface area contributed by atoms with Gasteiger partial charge in [0, 0.05) is 12.6 Å². The zero-order valence-electron chi connectivity index (χ0n) is 14.7. The number of rotatable bonds is 6. The lowest BCUT2D eigenvalue weighted by molar-refractivity contribution is -0.118. The van der Waals surface area contributed by atoms with Crippen LogP contribution in [0.3, 0.4) is 0 Å². The molecule has 8 heteroatoms. The Bertz CT molecular complexity index is 921. The first kappa shape index (κ1) is 19.5. The van der Waals surface area contributed by atoms with E-state index < -0.39 is 15.9 Å². The van der Waals surface area contributed by atoms with Crippen molar-refractivity contribution in [1.82, 2.24) is 4.72 Å². The Hall–Kier alpha value is -2.87. The van der Waals surface area contributed by atoms with Crippen LogP contribution in [0.2, 0.25) is 0 Å². The molecule has 0 bridgehead atoms. The number of hydrogen-bond acceptors (Lipinski definition) is 5. The molecule has 0 aliphatic heterocycles. The molecule has 0 aromatic heterocycles. The zero-order valence-corrected chi connectivity index (χ0v) is 15.5.